The quantitative estimate of drug-likeness (QED) is 0.787. The minimum absolute atomic E-state index is 0.0237. The van der Waals surface area contributed by atoms with Crippen molar-refractivity contribution in [3.05, 3.63) is 47.0 Å². The van der Waals surface area contributed by atoms with E-state index in [0.717, 1.165) is 30.4 Å². The highest BCUT2D eigenvalue weighted by molar-refractivity contribution is 6.06. The summed E-state index contributed by atoms with van der Waals surface area (Å²) in [5.74, 6) is 1.38. The Balaban J connectivity index is 1.98. The predicted molar refractivity (Wildman–Crippen MR) is 84.2 cm³/mol. The summed E-state index contributed by atoms with van der Waals surface area (Å²) >= 11 is 0. The molecule has 0 spiro atoms. The summed E-state index contributed by atoms with van der Waals surface area (Å²) in [5.41, 5.74) is 1.68. The van der Waals surface area contributed by atoms with Crippen molar-refractivity contribution in [1.29, 1.82) is 0 Å². The summed E-state index contributed by atoms with van der Waals surface area (Å²) in [5, 5.41) is 0. The minimum atomic E-state index is -0.322. The van der Waals surface area contributed by atoms with E-state index in [9.17, 15) is 9.59 Å². The van der Waals surface area contributed by atoms with Crippen LogP contribution in [0.5, 0.6) is 0 Å². The van der Waals surface area contributed by atoms with Gasteiger partial charge in [-0.15, -0.1) is 0 Å². The van der Waals surface area contributed by atoms with Gasteiger partial charge in [0.1, 0.15) is 0 Å². The highest BCUT2D eigenvalue weighted by atomic mass is 16.5. The molecular weight excluding hydrogens is 292 g/mol. The second-order valence-corrected chi connectivity index (χ2v) is 6.80. The van der Waals surface area contributed by atoms with E-state index in [2.05, 4.69) is 6.08 Å². The third-order valence-corrected chi connectivity index (χ3v) is 5.81. The minimum Gasteiger partial charge on any atom is -0.493 e. The van der Waals surface area contributed by atoms with Crippen molar-refractivity contribution in [1.82, 2.24) is 0 Å². The van der Waals surface area contributed by atoms with Gasteiger partial charge >= 0.3 is 0 Å². The van der Waals surface area contributed by atoms with Crippen LogP contribution < -0.4 is 0 Å². The number of methoxy groups -OCH3 is 2. The maximum atomic E-state index is 12.5. The van der Waals surface area contributed by atoms with Crippen LogP contribution >= 0.6 is 0 Å². The third-order valence-electron chi connectivity index (χ3n) is 5.81. The van der Waals surface area contributed by atoms with Crippen molar-refractivity contribution in [3.63, 3.8) is 0 Å². The number of carbonyl (C=O) groups excluding carboxylic acids is 2. The Hall–Kier alpha value is -2.10. The fourth-order valence-electron chi connectivity index (χ4n) is 4.94. The lowest BCUT2D eigenvalue weighted by molar-refractivity contribution is -0.123. The molecule has 1 fully saturated rings. The van der Waals surface area contributed by atoms with Crippen molar-refractivity contribution in [2.75, 3.05) is 14.2 Å². The van der Waals surface area contributed by atoms with E-state index < -0.39 is 0 Å². The molecule has 2 unspecified atom stereocenters. The summed E-state index contributed by atoms with van der Waals surface area (Å²) in [6.07, 6.45) is 11.2. The first-order chi connectivity index (χ1) is 11.1. The summed E-state index contributed by atoms with van der Waals surface area (Å²) in [6, 6.07) is 0. The summed E-state index contributed by atoms with van der Waals surface area (Å²) in [6.45, 7) is 0. The maximum Gasteiger partial charge on any atom is 0.220 e. The molecule has 4 heteroatoms. The SMILES string of the molecule is COC1=CC2C3C=C4C=CC(=O)C(OC)=C4[C@]2(CCC3)CC1=O. The molecule has 4 aliphatic carbocycles. The van der Waals surface area contributed by atoms with Gasteiger partial charge in [-0.2, -0.15) is 0 Å². The molecular formula is C19H20O4. The third kappa shape index (κ3) is 1.84. The first-order valence-electron chi connectivity index (χ1n) is 8.13. The van der Waals surface area contributed by atoms with E-state index in [1.807, 2.05) is 12.2 Å². The average molecular weight is 312 g/mol. The molecule has 4 nitrogen and oxygen atoms in total. The Labute approximate surface area is 135 Å². The number of rotatable bonds is 2. The highest BCUT2D eigenvalue weighted by Gasteiger charge is 2.55. The van der Waals surface area contributed by atoms with Crippen molar-refractivity contribution < 1.29 is 19.1 Å². The molecule has 3 atom stereocenters. The van der Waals surface area contributed by atoms with Gasteiger partial charge < -0.3 is 9.47 Å². The molecule has 4 aliphatic rings. The molecule has 0 N–H and O–H groups in total. The van der Waals surface area contributed by atoms with Gasteiger partial charge in [-0.3, -0.25) is 9.59 Å². The predicted octanol–water partition coefficient (Wildman–Crippen LogP) is 2.87. The monoisotopic (exact) mass is 312 g/mol. The number of Topliss-reactive ketones (excluding diaryl/α,β-unsaturated/α-hetero) is 1. The van der Waals surface area contributed by atoms with Crippen molar-refractivity contribution in [2.45, 2.75) is 25.7 Å². The summed E-state index contributed by atoms with van der Waals surface area (Å²) in [4.78, 5) is 24.8. The van der Waals surface area contributed by atoms with Gasteiger partial charge in [-0.1, -0.05) is 18.6 Å². The smallest absolute Gasteiger partial charge is 0.220 e. The lowest BCUT2D eigenvalue weighted by Crippen LogP contribution is -2.48. The number of allylic oxidation sites excluding steroid dienone is 7. The Morgan fingerprint density at radius 2 is 1.96 bits per heavy atom. The fourth-order valence-corrected chi connectivity index (χ4v) is 4.94. The standard InChI is InChI=1S/C19H20O4/c1-22-16-9-13-11-4-3-7-19(13,10-15(16)21)17-12(8-11)5-6-14(20)18(17)23-2/h5-6,8-9,11,13H,3-4,7,10H2,1-2H3/t11?,13?,19-/m1/s1. The van der Waals surface area contributed by atoms with Crippen LogP contribution in [-0.2, 0) is 19.1 Å². The molecule has 23 heavy (non-hydrogen) atoms. The number of ketones is 2. The molecule has 120 valence electrons. The van der Waals surface area contributed by atoms with Gasteiger partial charge in [0, 0.05) is 17.4 Å². The second kappa shape index (κ2) is 4.95. The van der Waals surface area contributed by atoms with Crippen LogP contribution in [0.15, 0.2) is 47.0 Å². The van der Waals surface area contributed by atoms with Crippen molar-refractivity contribution in [2.24, 2.45) is 17.3 Å². The van der Waals surface area contributed by atoms with Gasteiger partial charge in [-0.05, 0) is 42.4 Å². The number of ether oxygens (including phenoxy) is 2. The average Bonchev–Trinajstić information content (AvgIpc) is 2.54. The van der Waals surface area contributed by atoms with Crippen molar-refractivity contribution >= 4 is 11.6 Å². The van der Waals surface area contributed by atoms with E-state index in [1.165, 1.54) is 0 Å². The number of fused-ring (bicyclic) bond motifs is 1. The maximum absolute atomic E-state index is 12.5. The van der Waals surface area contributed by atoms with E-state index in [1.54, 1.807) is 20.3 Å². The Morgan fingerprint density at radius 3 is 2.70 bits per heavy atom. The van der Waals surface area contributed by atoms with Crippen LogP contribution in [0.4, 0.5) is 0 Å². The molecule has 0 aromatic rings. The van der Waals surface area contributed by atoms with Gasteiger partial charge in [0.05, 0.1) is 14.2 Å². The van der Waals surface area contributed by atoms with Crippen LogP contribution in [0, 0.1) is 17.3 Å². The lowest BCUT2D eigenvalue weighted by Gasteiger charge is -2.53. The van der Waals surface area contributed by atoms with Crippen LogP contribution in [0.25, 0.3) is 0 Å². The number of carbonyl (C=O) groups is 2. The largest absolute Gasteiger partial charge is 0.493 e. The van der Waals surface area contributed by atoms with E-state index >= 15 is 0 Å². The van der Waals surface area contributed by atoms with Crippen LogP contribution in [0.1, 0.15) is 25.7 Å². The lowest BCUT2D eigenvalue weighted by atomic mass is 9.50. The fraction of sp³-hybridized carbons (Fsp3) is 0.474. The van der Waals surface area contributed by atoms with Gasteiger partial charge in [-0.25, -0.2) is 0 Å². The molecule has 0 amide bonds. The Morgan fingerprint density at radius 1 is 1.13 bits per heavy atom. The number of hydrogen-bond acceptors (Lipinski definition) is 4. The molecule has 1 saturated carbocycles. The van der Waals surface area contributed by atoms with E-state index in [0.29, 0.717) is 23.9 Å². The van der Waals surface area contributed by atoms with Crippen LogP contribution in [-0.4, -0.2) is 25.8 Å². The Kier molecular flexibility index (Phi) is 3.12. The van der Waals surface area contributed by atoms with Gasteiger partial charge in [0.15, 0.2) is 17.3 Å². The molecule has 0 aromatic carbocycles. The Bertz CT molecular complexity index is 722. The van der Waals surface area contributed by atoms with Gasteiger partial charge in [0.2, 0.25) is 5.78 Å². The zero-order chi connectivity index (χ0) is 16.2. The molecule has 0 aliphatic heterocycles. The van der Waals surface area contributed by atoms with E-state index in [4.69, 9.17) is 9.47 Å². The van der Waals surface area contributed by atoms with Crippen molar-refractivity contribution in [3.8, 4) is 0 Å². The topological polar surface area (TPSA) is 52.6 Å². The first-order valence-corrected chi connectivity index (χ1v) is 8.13. The summed E-state index contributed by atoms with van der Waals surface area (Å²) in [7, 11) is 3.09. The molecule has 0 radical (unpaired) electrons. The first kappa shape index (κ1) is 14.5. The van der Waals surface area contributed by atoms with Crippen LogP contribution in [0.2, 0.25) is 0 Å². The zero-order valence-corrected chi connectivity index (χ0v) is 13.4. The molecule has 0 aromatic heterocycles. The second-order valence-electron chi connectivity index (χ2n) is 6.80. The van der Waals surface area contributed by atoms with Gasteiger partial charge in [0.25, 0.3) is 0 Å². The highest BCUT2D eigenvalue weighted by Crippen LogP contribution is 2.61. The van der Waals surface area contributed by atoms with E-state index in [-0.39, 0.29) is 22.9 Å². The molecule has 0 saturated heterocycles. The normalized spacial score (nSPS) is 35.2. The molecule has 0 heterocycles. The summed E-state index contributed by atoms with van der Waals surface area (Å²) < 4.78 is 10.8. The molecule has 4 rings (SSSR count). The molecule has 2 bridgehead atoms. The number of hydrogen-bond donors (Lipinski definition) is 0. The zero-order valence-electron chi connectivity index (χ0n) is 13.4. The van der Waals surface area contributed by atoms with Crippen LogP contribution in [0.3, 0.4) is 0 Å².